The number of ether oxygens (including phenoxy) is 2. The zero-order chi connectivity index (χ0) is 24.9. The molecule has 0 fully saturated rings. The second-order valence-electron chi connectivity index (χ2n) is 7.35. The average molecular weight is 537 g/mol. The summed E-state index contributed by atoms with van der Waals surface area (Å²) in [6.07, 6.45) is 0. The van der Waals surface area contributed by atoms with Crippen LogP contribution >= 0.6 is 15.9 Å². The molecule has 1 heterocycles. The van der Waals surface area contributed by atoms with Gasteiger partial charge in [-0.25, -0.2) is 4.68 Å². The molecule has 0 saturated carbocycles. The van der Waals surface area contributed by atoms with E-state index < -0.39 is 17.7 Å². The first-order valence-electron chi connectivity index (χ1n) is 10.4. The highest BCUT2D eigenvalue weighted by Crippen LogP contribution is 2.25. The number of halogens is 1. The predicted molar refractivity (Wildman–Crippen MR) is 137 cm³/mol. The Morgan fingerprint density at radius 2 is 1.57 bits per heavy atom. The first kappa shape index (κ1) is 23.8. The number of hydrogen-bond donors (Lipinski definition) is 3. The van der Waals surface area contributed by atoms with E-state index >= 15 is 0 Å². The zero-order valence-corrected chi connectivity index (χ0v) is 20.4. The third kappa shape index (κ3) is 5.28. The molecule has 4 aromatic rings. The monoisotopic (exact) mass is 536 g/mol. The van der Waals surface area contributed by atoms with Gasteiger partial charge in [-0.2, -0.15) is 0 Å². The SMILES string of the molecule is COc1ccc(NC(=O)c2cc3cc(Br)ccc3n2NC(=O)C(=O)Nc2ccccc2OC)cc1. The molecule has 0 unspecified atom stereocenters. The van der Waals surface area contributed by atoms with Gasteiger partial charge in [-0.3, -0.25) is 19.8 Å². The maximum Gasteiger partial charge on any atom is 0.328 e. The van der Waals surface area contributed by atoms with Gasteiger partial charge in [0.2, 0.25) is 0 Å². The smallest absolute Gasteiger partial charge is 0.328 e. The highest BCUT2D eigenvalue weighted by molar-refractivity contribution is 9.10. The Kier molecular flexibility index (Phi) is 7.02. The van der Waals surface area contributed by atoms with Crippen LogP contribution in [0.1, 0.15) is 10.5 Å². The van der Waals surface area contributed by atoms with Gasteiger partial charge in [-0.15, -0.1) is 0 Å². The lowest BCUT2D eigenvalue weighted by molar-refractivity contribution is -0.133. The third-order valence-corrected chi connectivity index (χ3v) is 5.61. The largest absolute Gasteiger partial charge is 0.497 e. The molecule has 0 aliphatic heterocycles. The number of fused-ring (bicyclic) bond motifs is 1. The van der Waals surface area contributed by atoms with E-state index in [1.165, 1.54) is 11.8 Å². The van der Waals surface area contributed by atoms with E-state index in [4.69, 9.17) is 9.47 Å². The van der Waals surface area contributed by atoms with Crippen molar-refractivity contribution < 1.29 is 23.9 Å². The van der Waals surface area contributed by atoms with Crippen LogP contribution in [0.25, 0.3) is 10.9 Å². The molecule has 0 saturated heterocycles. The lowest BCUT2D eigenvalue weighted by atomic mass is 10.2. The van der Waals surface area contributed by atoms with Gasteiger partial charge in [-0.05, 0) is 60.7 Å². The van der Waals surface area contributed by atoms with Gasteiger partial charge in [0.15, 0.2) is 0 Å². The quantitative estimate of drug-likeness (QED) is 0.316. The Hall–Kier alpha value is -4.31. The highest BCUT2D eigenvalue weighted by atomic mass is 79.9. The molecule has 3 amide bonds. The van der Waals surface area contributed by atoms with Crippen LogP contribution in [0.2, 0.25) is 0 Å². The molecular formula is C25H21BrN4O5. The maximum absolute atomic E-state index is 13.1. The first-order chi connectivity index (χ1) is 16.9. The van der Waals surface area contributed by atoms with Gasteiger partial charge in [0.1, 0.15) is 17.2 Å². The number of methoxy groups -OCH3 is 2. The number of para-hydroxylation sites is 2. The molecule has 10 heteroatoms. The summed E-state index contributed by atoms with van der Waals surface area (Å²) in [6.45, 7) is 0. The molecule has 1 aromatic heterocycles. The zero-order valence-electron chi connectivity index (χ0n) is 18.8. The van der Waals surface area contributed by atoms with Crippen molar-refractivity contribution in [2.24, 2.45) is 0 Å². The van der Waals surface area contributed by atoms with Crippen LogP contribution in [0, 0.1) is 0 Å². The summed E-state index contributed by atoms with van der Waals surface area (Å²) in [7, 11) is 3.01. The second kappa shape index (κ2) is 10.3. The summed E-state index contributed by atoms with van der Waals surface area (Å²) >= 11 is 3.41. The van der Waals surface area contributed by atoms with Gasteiger partial charge in [0.25, 0.3) is 5.91 Å². The molecule has 0 spiro atoms. The number of hydrogen-bond acceptors (Lipinski definition) is 5. The van der Waals surface area contributed by atoms with Crippen LogP contribution in [0.4, 0.5) is 11.4 Å². The Morgan fingerprint density at radius 3 is 2.29 bits per heavy atom. The number of rotatable bonds is 6. The molecule has 0 bridgehead atoms. The molecule has 0 aliphatic rings. The number of nitrogens with zero attached hydrogens (tertiary/aromatic N) is 1. The summed E-state index contributed by atoms with van der Waals surface area (Å²) in [5.74, 6) is -1.31. The van der Waals surface area contributed by atoms with Crippen LogP contribution in [0.3, 0.4) is 0 Å². The number of amides is 3. The minimum Gasteiger partial charge on any atom is -0.497 e. The molecule has 3 N–H and O–H groups in total. The summed E-state index contributed by atoms with van der Waals surface area (Å²) in [6, 6.07) is 20.5. The summed E-state index contributed by atoms with van der Waals surface area (Å²) < 4.78 is 12.4. The van der Waals surface area contributed by atoms with E-state index in [9.17, 15) is 14.4 Å². The summed E-state index contributed by atoms with van der Waals surface area (Å²) in [5, 5.41) is 5.99. The standard InChI is InChI=1S/C25H21BrN4O5/c1-34-18-10-8-17(9-11-18)27-23(31)21-14-15-13-16(26)7-12-20(15)30(21)29-25(33)24(32)28-19-5-3-4-6-22(19)35-2/h3-14H,1-2H3,(H,27,31)(H,28,32)(H,29,33). The molecule has 0 aliphatic carbocycles. The number of anilines is 2. The fourth-order valence-electron chi connectivity index (χ4n) is 3.42. The van der Waals surface area contributed by atoms with E-state index in [0.717, 1.165) is 4.47 Å². The minimum absolute atomic E-state index is 0.132. The Morgan fingerprint density at radius 1 is 0.829 bits per heavy atom. The van der Waals surface area contributed by atoms with E-state index in [2.05, 4.69) is 32.0 Å². The molecular weight excluding hydrogens is 516 g/mol. The normalized spacial score (nSPS) is 10.5. The van der Waals surface area contributed by atoms with E-state index in [1.54, 1.807) is 79.9 Å². The van der Waals surface area contributed by atoms with Crippen molar-refractivity contribution in [2.45, 2.75) is 0 Å². The van der Waals surface area contributed by atoms with Crippen LogP contribution < -0.4 is 25.5 Å². The van der Waals surface area contributed by atoms with Crippen molar-refractivity contribution in [1.82, 2.24) is 4.68 Å². The third-order valence-electron chi connectivity index (χ3n) is 5.12. The van der Waals surface area contributed by atoms with Crippen molar-refractivity contribution in [1.29, 1.82) is 0 Å². The number of carbonyl (C=O) groups excluding carboxylic acids is 3. The Bertz CT molecular complexity index is 1420. The van der Waals surface area contributed by atoms with Crippen LogP contribution in [-0.4, -0.2) is 36.6 Å². The summed E-state index contributed by atoms with van der Waals surface area (Å²) in [4.78, 5) is 38.5. The lowest BCUT2D eigenvalue weighted by Crippen LogP contribution is -2.36. The topological polar surface area (TPSA) is 111 Å². The van der Waals surface area contributed by atoms with Crippen molar-refractivity contribution in [3.05, 3.63) is 83.0 Å². The van der Waals surface area contributed by atoms with Crippen LogP contribution in [0.5, 0.6) is 11.5 Å². The average Bonchev–Trinajstić information content (AvgIpc) is 3.22. The predicted octanol–water partition coefficient (Wildman–Crippen LogP) is 4.38. The van der Waals surface area contributed by atoms with Gasteiger partial charge in [0, 0.05) is 15.5 Å². The second-order valence-corrected chi connectivity index (χ2v) is 8.26. The highest BCUT2D eigenvalue weighted by Gasteiger charge is 2.22. The number of benzene rings is 3. The maximum atomic E-state index is 13.1. The van der Waals surface area contributed by atoms with Crippen molar-refractivity contribution in [2.75, 3.05) is 30.3 Å². The van der Waals surface area contributed by atoms with Crippen LogP contribution in [-0.2, 0) is 9.59 Å². The van der Waals surface area contributed by atoms with E-state index in [1.807, 2.05) is 0 Å². The lowest BCUT2D eigenvalue weighted by Gasteiger charge is -2.13. The fraction of sp³-hybridized carbons (Fsp3) is 0.0800. The van der Waals surface area contributed by atoms with Crippen LogP contribution in [0.15, 0.2) is 77.3 Å². The molecule has 9 nitrogen and oxygen atoms in total. The molecule has 0 radical (unpaired) electrons. The van der Waals surface area contributed by atoms with Crippen molar-refractivity contribution >= 4 is 55.9 Å². The minimum atomic E-state index is -0.963. The fourth-order valence-corrected chi connectivity index (χ4v) is 3.80. The summed E-state index contributed by atoms with van der Waals surface area (Å²) in [5.41, 5.74) is 4.07. The molecule has 0 atom stereocenters. The van der Waals surface area contributed by atoms with Crippen molar-refractivity contribution in [3.8, 4) is 11.5 Å². The van der Waals surface area contributed by atoms with Gasteiger partial charge in [-0.1, -0.05) is 28.1 Å². The number of nitrogens with one attached hydrogen (secondary N) is 3. The Labute approximate surface area is 209 Å². The van der Waals surface area contributed by atoms with Gasteiger partial charge >= 0.3 is 11.8 Å². The van der Waals surface area contributed by atoms with E-state index in [0.29, 0.717) is 33.8 Å². The van der Waals surface area contributed by atoms with E-state index in [-0.39, 0.29) is 5.69 Å². The van der Waals surface area contributed by atoms with Gasteiger partial charge < -0.3 is 20.1 Å². The Balaban J connectivity index is 1.61. The molecule has 35 heavy (non-hydrogen) atoms. The van der Waals surface area contributed by atoms with Gasteiger partial charge in [0.05, 0.1) is 25.4 Å². The molecule has 4 rings (SSSR count). The first-order valence-corrected chi connectivity index (χ1v) is 11.2. The molecule has 178 valence electrons. The number of carbonyl (C=O) groups is 3. The molecule has 3 aromatic carbocycles. The van der Waals surface area contributed by atoms with Crippen molar-refractivity contribution in [3.63, 3.8) is 0 Å². The number of aromatic nitrogens is 1.